The van der Waals surface area contributed by atoms with Crippen molar-refractivity contribution in [3.63, 3.8) is 0 Å². The molecule has 1 aliphatic rings. The molecule has 0 spiro atoms. The van der Waals surface area contributed by atoms with Gasteiger partial charge in [0, 0.05) is 25.4 Å². The van der Waals surface area contributed by atoms with Gasteiger partial charge in [0.25, 0.3) is 0 Å². The Morgan fingerprint density at radius 3 is 2.44 bits per heavy atom. The summed E-state index contributed by atoms with van der Waals surface area (Å²) >= 11 is 0. The number of terminal acetylenes is 1. The zero-order chi connectivity index (χ0) is 13.3. The average Bonchev–Trinajstić information content (AvgIpc) is 2.67. The Morgan fingerprint density at radius 1 is 1.33 bits per heavy atom. The highest BCUT2D eigenvalue weighted by Gasteiger charge is 2.28. The van der Waals surface area contributed by atoms with Crippen LogP contribution in [0.4, 0.5) is 13.2 Å². The standard InChI is InChI=1S/C13H10F3NO/c1-2-8-5-12(18)17(6-8)7-9-3-10(14)13(16)11(15)4-9/h1,3-4,8H,5-7H2. The van der Waals surface area contributed by atoms with E-state index in [0.717, 1.165) is 12.1 Å². The number of nitrogens with zero attached hydrogens (tertiary/aromatic N) is 1. The lowest BCUT2D eigenvalue weighted by Gasteiger charge is -2.16. The molecule has 5 heteroatoms. The molecular formula is C13H10F3NO. The summed E-state index contributed by atoms with van der Waals surface area (Å²) in [5.41, 5.74) is 0.206. The third-order valence-corrected chi connectivity index (χ3v) is 2.87. The molecular weight excluding hydrogens is 243 g/mol. The molecule has 0 saturated carbocycles. The first kappa shape index (κ1) is 12.5. The van der Waals surface area contributed by atoms with E-state index < -0.39 is 17.5 Å². The number of amides is 1. The van der Waals surface area contributed by atoms with Gasteiger partial charge in [-0.15, -0.1) is 12.3 Å². The fourth-order valence-corrected chi connectivity index (χ4v) is 1.96. The molecule has 1 atom stereocenters. The predicted octanol–water partition coefficient (Wildman–Crippen LogP) is 2.09. The highest BCUT2D eigenvalue weighted by Crippen LogP contribution is 2.21. The highest BCUT2D eigenvalue weighted by atomic mass is 19.2. The molecule has 0 radical (unpaired) electrons. The van der Waals surface area contributed by atoms with Crippen molar-refractivity contribution in [2.45, 2.75) is 13.0 Å². The lowest BCUT2D eigenvalue weighted by atomic mass is 10.1. The molecule has 2 rings (SSSR count). The maximum atomic E-state index is 13.0. The monoisotopic (exact) mass is 253 g/mol. The van der Waals surface area contributed by atoms with Crippen LogP contribution in [0.3, 0.4) is 0 Å². The Hall–Kier alpha value is -1.96. The molecule has 1 heterocycles. The third kappa shape index (κ3) is 2.33. The van der Waals surface area contributed by atoms with Gasteiger partial charge in [-0.2, -0.15) is 0 Å². The first-order valence-electron chi connectivity index (χ1n) is 5.38. The van der Waals surface area contributed by atoms with E-state index in [1.165, 1.54) is 4.90 Å². The minimum atomic E-state index is -1.51. The van der Waals surface area contributed by atoms with Crippen LogP contribution in [-0.2, 0) is 11.3 Å². The molecule has 0 aliphatic carbocycles. The largest absolute Gasteiger partial charge is 0.337 e. The second kappa shape index (κ2) is 4.73. The molecule has 18 heavy (non-hydrogen) atoms. The molecule has 0 N–H and O–H groups in total. The molecule has 1 aromatic carbocycles. The molecule has 0 bridgehead atoms. The van der Waals surface area contributed by atoms with Crippen LogP contribution in [0.25, 0.3) is 0 Å². The third-order valence-electron chi connectivity index (χ3n) is 2.87. The number of benzene rings is 1. The van der Waals surface area contributed by atoms with Gasteiger partial charge >= 0.3 is 0 Å². The van der Waals surface area contributed by atoms with Gasteiger partial charge in [0.1, 0.15) is 0 Å². The Bertz CT molecular complexity index is 513. The SMILES string of the molecule is C#CC1CC(=O)N(Cc2cc(F)c(F)c(F)c2)C1. The smallest absolute Gasteiger partial charge is 0.224 e. The van der Waals surface area contributed by atoms with Crippen LogP contribution >= 0.6 is 0 Å². The normalized spacial score (nSPS) is 19.1. The molecule has 1 amide bonds. The van der Waals surface area contributed by atoms with Crippen molar-refractivity contribution in [3.05, 3.63) is 35.1 Å². The quantitative estimate of drug-likeness (QED) is 0.583. The molecule has 1 unspecified atom stereocenters. The van der Waals surface area contributed by atoms with Gasteiger partial charge in [-0.1, -0.05) is 0 Å². The molecule has 2 nitrogen and oxygen atoms in total. The predicted molar refractivity (Wildman–Crippen MR) is 58.7 cm³/mol. The first-order chi connectivity index (χ1) is 8.51. The topological polar surface area (TPSA) is 20.3 Å². The van der Waals surface area contributed by atoms with Crippen molar-refractivity contribution in [2.75, 3.05) is 6.54 Å². The van der Waals surface area contributed by atoms with Gasteiger partial charge in [-0.05, 0) is 17.7 Å². The molecule has 1 aromatic rings. The van der Waals surface area contributed by atoms with E-state index >= 15 is 0 Å². The summed E-state index contributed by atoms with van der Waals surface area (Å²) in [6.45, 7) is 0.390. The second-order valence-electron chi connectivity index (χ2n) is 4.22. The second-order valence-corrected chi connectivity index (χ2v) is 4.22. The van der Waals surface area contributed by atoms with E-state index in [1.54, 1.807) is 0 Å². The maximum absolute atomic E-state index is 13.0. The van der Waals surface area contributed by atoms with E-state index in [4.69, 9.17) is 6.42 Å². The van der Waals surface area contributed by atoms with Crippen molar-refractivity contribution in [2.24, 2.45) is 5.92 Å². The molecule has 0 aromatic heterocycles. The van der Waals surface area contributed by atoms with Crippen LogP contribution in [0.15, 0.2) is 12.1 Å². The van der Waals surface area contributed by atoms with E-state index in [1.807, 2.05) is 0 Å². The number of likely N-dealkylation sites (tertiary alicyclic amines) is 1. The number of carbonyl (C=O) groups excluding carboxylic acids is 1. The van der Waals surface area contributed by atoms with E-state index in [9.17, 15) is 18.0 Å². The zero-order valence-electron chi connectivity index (χ0n) is 9.42. The van der Waals surface area contributed by atoms with Crippen LogP contribution in [0.1, 0.15) is 12.0 Å². The first-order valence-corrected chi connectivity index (χ1v) is 5.38. The van der Waals surface area contributed by atoms with Crippen molar-refractivity contribution in [1.82, 2.24) is 4.90 Å². The molecule has 1 saturated heterocycles. The van der Waals surface area contributed by atoms with Gasteiger partial charge < -0.3 is 4.90 Å². The number of hydrogen-bond acceptors (Lipinski definition) is 1. The van der Waals surface area contributed by atoms with Crippen molar-refractivity contribution in [1.29, 1.82) is 0 Å². The van der Waals surface area contributed by atoms with Crippen molar-refractivity contribution in [3.8, 4) is 12.3 Å². The Balaban J connectivity index is 2.16. The van der Waals surface area contributed by atoms with Gasteiger partial charge in [0.2, 0.25) is 5.91 Å². The summed E-state index contributed by atoms with van der Waals surface area (Å²) in [5.74, 6) is -1.89. The molecule has 1 fully saturated rings. The lowest BCUT2D eigenvalue weighted by Crippen LogP contribution is -2.24. The van der Waals surface area contributed by atoms with E-state index in [0.29, 0.717) is 6.54 Å². The van der Waals surface area contributed by atoms with Crippen LogP contribution in [0.5, 0.6) is 0 Å². The summed E-state index contributed by atoms with van der Waals surface area (Å²) in [6.07, 6.45) is 5.46. The fourth-order valence-electron chi connectivity index (χ4n) is 1.96. The van der Waals surface area contributed by atoms with Gasteiger partial charge in [-0.3, -0.25) is 4.79 Å². The summed E-state index contributed by atoms with van der Waals surface area (Å²) < 4.78 is 38.8. The van der Waals surface area contributed by atoms with Gasteiger partial charge in [-0.25, -0.2) is 13.2 Å². The number of hydrogen-bond donors (Lipinski definition) is 0. The van der Waals surface area contributed by atoms with Crippen LogP contribution in [0, 0.1) is 35.7 Å². The number of carbonyl (C=O) groups is 1. The Labute approximate surface area is 102 Å². The lowest BCUT2D eigenvalue weighted by molar-refractivity contribution is -0.128. The summed E-state index contributed by atoms with van der Waals surface area (Å²) in [5, 5.41) is 0. The zero-order valence-corrected chi connectivity index (χ0v) is 9.42. The fraction of sp³-hybridized carbons (Fsp3) is 0.308. The Morgan fingerprint density at radius 2 is 1.94 bits per heavy atom. The summed E-state index contributed by atoms with van der Waals surface area (Å²) in [6, 6.07) is 1.77. The van der Waals surface area contributed by atoms with Crippen LogP contribution < -0.4 is 0 Å². The van der Waals surface area contributed by atoms with Gasteiger partial charge in [0.05, 0.1) is 0 Å². The Kier molecular flexibility index (Phi) is 3.28. The van der Waals surface area contributed by atoms with Crippen molar-refractivity contribution < 1.29 is 18.0 Å². The summed E-state index contributed by atoms with van der Waals surface area (Å²) in [7, 11) is 0. The van der Waals surface area contributed by atoms with Gasteiger partial charge in [0.15, 0.2) is 17.5 Å². The summed E-state index contributed by atoms with van der Waals surface area (Å²) in [4.78, 5) is 13.0. The van der Waals surface area contributed by atoms with Crippen LogP contribution in [-0.4, -0.2) is 17.4 Å². The maximum Gasteiger partial charge on any atom is 0.224 e. The van der Waals surface area contributed by atoms with E-state index in [-0.39, 0.29) is 30.4 Å². The highest BCUT2D eigenvalue weighted by molar-refractivity contribution is 5.79. The molecule has 1 aliphatic heterocycles. The van der Waals surface area contributed by atoms with Crippen LogP contribution in [0.2, 0.25) is 0 Å². The van der Waals surface area contributed by atoms with E-state index in [2.05, 4.69) is 5.92 Å². The van der Waals surface area contributed by atoms with Crippen molar-refractivity contribution >= 4 is 5.91 Å². The average molecular weight is 253 g/mol. The number of halogens is 3. The minimum absolute atomic E-state index is 0.0329. The molecule has 94 valence electrons. The number of rotatable bonds is 2. The minimum Gasteiger partial charge on any atom is -0.337 e.